The van der Waals surface area contributed by atoms with Crippen LogP contribution in [0.5, 0.6) is 0 Å². The van der Waals surface area contributed by atoms with E-state index in [1.807, 2.05) is 0 Å². The van der Waals surface area contributed by atoms with Crippen LogP contribution in [0.25, 0.3) is 0 Å². The van der Waals surface area contributed by atoms with E-state index >= 15 is 0 Å². The molecule has 0 spiro atoms. The summed E-state index contributed by atoms with van der Waals surface area (Å²) in [5, 5.41) is 8.39. The van der Waals surface area contributed by atoms with E-state index < -0.39 is 5.97 Å². The van der Waals surface area contributed by atoms with E-state index in [1.54, 1.807) is 18.3 Å². The van der Waals surface area contributed by atoms with Crippen LogP contribution in [-0.4, -0.2) is 33.3 Å². The van der Waals surface area contributed by atoms with Crippen LogP contribution in [0.1, 0.15) is 16.8 Å². The first-order chi connectivity index (χ1) is 7.20. The number of carbonyl (C=O) groups excluding carboxylic acids is 1. The highest BCUT2D eigenvalue weighted by molar-refractivity contribution is 8.00. The molecule has 0 atom stereocenters. The summed E-state index contributed by atoms with van der Waals surface area (Å²) >= 11 is 1.33. The van der Waals surface area contributed by atoms with Crippen LogP contribution in [0.4, 0.5) is 0 Å². The Balaban J connectivity index is 2.28. The van der Waals surface area contributed by atoms with Gasteiger partial charge in [0.25, 0.3) is 0 Å². The fourth-order valence-corrected chi connectivity index (χ4v) is 1.75. The normalized spacial score (nSPS) is 9.87. The maximum Gasteiger partial charge on any atom is 0.304 e. The highest BCUT2D eigenvalue weighted by atomic mass is 32.2. The van der Waals surface area contributed by atoms with Crippen LogP contribution in [0.15, 0.2) is 24.5 Å². The van der Waals surface area contributed by atoms with Crippen molar-refractivity contribution in [2.75, 3.05) is 11.5 Å². The maximum atomic E-state index is 11.5. The third-order valence-corrected chi connectivity index (χ3v) is 2.64. The van der Waals surface area contributed by atoms with Crippen LogP contribution in [0.3, 0.4) is 0 Å². The van der Waals surface area contributed by atoms with Gasteiger partial charge in [-0.2, -0.15) is 11.8 Å². The minimum Gasteiger partial charge on any atom is -0.481 e. The lowest BCUT2D eigenvalue weighted by molar-refractivity contribution is -0.136. The number of Topliss-reactive ketones (excluding diaryl/α,β-unsaturated/α-hetero) is 1. The highest BCUT2D eigenvalue weighted by Gasteiger charge is 2.05. The van der Waals surface area contributed by atoms with Gasteiger partial charge in [-0.1, -0.05) is 0 Å². The van der Waals surface area contributed by atoms with Crippen LogP contribution < -0.4 is 0 Å². The zero-order chi connectivity index (χ0) is 11.1. The topological polar surface area (TPSA) is 67.3 Å². The Bertz CT molecular complexity index is 340. The molecule has 80 valence electrons. The van der Waals surface area contributed by atoms with Crippen molar-refractivity contribution in [3.05, 3.63) is 30.1 Å². The van der Waals surface area contributed by atoms with Gasteiger partial charge >= 0.3 is 5.97 Å². The number of aromatic nitrogens is 1. The molecule has 0 amide bonds. The lowest BCUT2D eigenvalue weighted by Crippen LogP contribution is -2.04. The molecule has 5 heteroatoms. The Morgan fingerprint density at radius 1 is 1.47 bits per heavy atom. The van der Waals surface area contributed by atoms with Crippen molar-refractivity contribution in [1.82, 2.24) is 4.98 Å². The summed E-state index contributed by atoms with van der Waals surface area (Å²) in [6, 6.07) is 3.40. The van der Waals surface area contributed by atoms with E-state index in [1.165, 1.54) is 18.0 Å². The van der Waals surface area contributed by atoms with E-state index in [0.29, 0.717) is 17.1 Å². The molecule has 0 aliphatic carbocycles. The zero-order valence-electron chi connectivity index (χ0n) is 8.05. The van der Waals surface area contributed by atoms with Gasteiger partial charge in [-0.05, 0) is 12.1 Å². The Labute approximate surface area is 91.7 Å². The third kappa shape index (κ3) is 4.60. The maximum absolute atomic E-state index is 11.5. The minimum absolute atomic E-state index is 0.0153. The summed E-state index contributed by atoms with van der Waals surface area (Å²) < 4.78 is 0. The third-order valence-electron chi connectivity index (χ3n) is 1.68. The first-order valence-corrected chi connectivity index (χ1v) is 5.58. The molecule has 0 unspecified atom stereocenters. The van der Waals surface area contributed by atoms with Crippen molar-refractivity contribution < 1.29 is 14.7 Å². The van der Waals surface area contributed by atoms with Crippen molar-refractivity contribution in [2.45, 2.75) is 6.42 Å². The average molecular weight is 225 g/mol. The molecule has 0 aliphatic heterocycles. The molecule has 0 fully saturated rings. The second-order valence-corrected chi connectivity index (χ2v) is 3.97. The molecule has 1 rings (SSSR count). The molecule has 1 aromatic heterocycles. The molecule has 1 aromatic rings. The van der Waals surface area contributed by atoms with Gasteiger partial charge in [0.1, 0.15) is 0 Å². The van der Waals surface area contributed by atoms with Crippen molar-refractivity contribution in [1.29, 1.82) is 0 Å². The van der Waals surface area contributed by atoms with Crippen molar-refractivity contribution in [2.24, 2.45) is 0 Å². The van der Waals surface area contributed by atoms with Crippen LogP contribution in [-0.2, 0) is 4.79 Å². The van der Waals surface area contributed by atoms with Crippen LogP contribution in [0.2, 0.25) is 0 Å². The predicted molar refractivity (Wildman–Crippen MR) is 58.1 cm³/mol. The van der Waals surface area contributed by atoms with Gasteiger partial charge in [0.2, 0.25) is 0 Å². The number of carboxylic acids is 1. The number of aliphatic carboxylic acids is 1. The van der Waals surface area contributed by atoms with Gasteiger partial charge in [0.05, 0.1) is 12.2 Å². The zero-order valence-corrected chi connectivity index (χ0v) is 8.87. The summed E-state index contributed by atoms with van der Waals surface area (Å²) in [5.41, 5.74) is 0.570. The average Bonchev–Trinajstić information content (AvgIpc) is 2.25. The molecule has 4 nitrogen and oxygen atoms in total. The summed E-state index contributed by atoms with van der Waals surface area (Å²) in [7, 11) is 0. The highest BCUT2D eigenvalue weighted by Crippen LogP contribution is 2.07. The number of hydrogen-bond donors (Lipinski definition) is 1. The summed E-state index contributed by atoms with van der Waals surface area (Å²) in [6.07, 6.45) is 3.21. The fraction of sp³-hybridized carbons (Fsp3) is 0.300. The molecule has 1 heterocycles. The van der Waals surface area contributed by atoms with Gasteiger partial charge < -0.3 is 5.11 Å². The van der Waals surface area contributed by atoms with Gasteiger partial charge in [-0.15, -0.1) is 0 Å². The lowest BCUT2D eigenvalue weighted by Gasteiger charge is -1.99. The number of carbonyl (C=O) groups is 2. The van der Waals surface area contributed by atoms with E-state index in [4.69, 9.17) is 5.11 Å². The van der Waals surface area contributed by atoms with Crippen LogP contribution in [0, 0.1) is 0 Å². The van der Waals surface area contributed by atoms with Gasteiger partial charge in [0.15, 0.2) is 5.78 Å². The SMILES string of the molecule is O=C(O)CCSCC(=O)c1cccnc1. The number of rotatable bonds is 6. The van der Waals surface area contributed by atoms with E-state index in [9.17, 15) is 9.59 Å². The van der Waals surface area contributed by atoms with E-state index in [2.05, 4.69) is 4.98 Å². The molecule has 0 radical (unpaired) electrons. The van der Waals surface area contributed by atoms with E-state index in [0.717, 1.165) is 0 Å². The summed E-state index contributed by atoms with van der Waals surface area (Å²) in [6.45, 7) is 0. The molecule has 0 bridgehead atoms. The number of pyridine rings is 1. The Morgan fingerprint density at radius 2 is 2.27 bits per heavy atom. The Hall–Kier alpha value is -1.36. The molecule has 0 saturated carbocycles. The van der Waals surface area contributed by atoms with Crippen LogP contribution >= 0.6 is 11.8 Å². The second-order valence-electron chi connectivity index (χ2n) is 2.86. The first kappa shape index (κ1) is 11.7. The molecule has 0 saturated heterocycles. The monoisotopic (exact) mass is 225 g/mol. The summed E-state index contributed by atoms with van der Waals surface area (Å²) in [5.74, 6) is -0.0878. The molecule has 0 aliphatic rings. The smallest absolute Gasteiger partial charge is 0.304 e. The fourth-order valence-electron chi connectivity index (χ4n) is 0.935. The van der Waals surface area contributed by atoms with Gasteiger partial charge in [0, 0.05) is 23.7 Å². The largest absolute Gasteiger partial charge is 0.481 e. The van der Waals surface area contributed by atoms with Crippen molar-refractivity contribution >= 4 is 23.5 Å². The number of thioether (sulfide) groups is 1. The number of carboxylic acid groups (broad SMARTS) is 1. The molecule has 1 N–H and O–H groups in total. The molecular formula is C10H11NO3S. The number of ketones is 1. The predicted octanol–water partition coefficient (Wildman–Crippen LogP) is 1.47. The minimum atomic E-state index is -0.837. The van der Waals surface area contributed by atoms with E-state index in [-0.39, 0.29) is 12.2 Å². The first-order valence-electron chi connectivity index (χ1n) is 4.43. The molecule has 0 aromatic carbocycles. The lowest BCUT2D eigenvalue weighted by atomic mass is 10.2. The second kappa shape index (κ2) is 6.19. The van der Waals surface area contributed by atoms with Gasteiger partial charge in [-0.25, -0.2) is 0 Å². The Kier molecular flexibility index (Phi) is 4.83. The Morgan fingerprint density at radius 3 is 2.87 bits per heavy atom. The number of hydrogen-bond acceptors (Lipinski definition) is 4. The van der Waals surface area contributed by atoms with Gasteiger partial charge in [-0.3, -0.25) is 14.6 Å². The number of nitrogens with zero attached hydrogens (tertiary/aromatic N) is 1. The standard InChI is InChI=1S/C10H11NO3S/c12-9(7-15-5-3-10(13)14)8-2-1-4-11-6-8/h1-2,4,6H,3,5,7H2,(H,13,14). The van der Waals surface area contributed by atoms with Crippen molar-refractivity contribution in [3.8, 4) is 0 Å². The quantitative estimate of drug-likeness (QED) is 0.586. The molecule has 15 heavy (non-hydrogen) atoms. The molecular weight excluding hydrogens is 214 g/mol. The summed E-state index contributed by atoms with van der Waals surface area (Å²) in [4.78, 5) is 25.5. The van der Waals surface area contributed by atoms with Crippen molar-refractivity contribution in [3.63, 3.8) is 0 Å².